The average molecular weight is 304 g/mol. The Hall–Kier alpha value is -2.83. The van der Waals surface area contributed by atoms with Crippen LogP contribution in [0.25, 0.3) is 12.2 Å². The minimum atomic E-state index is -0.510. The van der Waals surface area contributed by atoms with Crippen molar-refractivity contribution in [1.29, 1.82) is 0 Å². The molecular formula is C15H16N2O5. The van der Waals surface area contributed by atoms with Gasteiger partial charge in [-0.2, -0.15) is 0 Å². The number of methoxy groups -OCH3 is 1. The third-order valence-corrected chi connectivity index (χ3v) is 2.95. The van der Waals surface area contributed by atoms with Crippen LogP contribution in [0.4, 0.5) is 5.69 Å². The normalized spacial score (nSPS) is 10.9. The van der Waals surface area contributed by atoms with Crippen LogP contribution in [0.2, 0.25) is 0 Å². The molecule has 0 radical (unpaired) electrons. The quantitative estimate of drug-likeness (QED) is 0.600. The number of aryl methyl sites for hydroxylation is 1. The van der Waals surface area contributed by atoms with Crippen molar-refractivity contribution in [2.24, 2.45) is 0 Å². The van der Waals surface area contributed by atoms with E-state index in [1.165, 1.54) is 13.0 Å². The van der Waals surface area contributed by atoms with Crippen LogP contribution in [0.1, 0.15) is 23.9 Å². The van der Waals surface area contributed by atoms with Gasteiger partial charge in [-0.05, 0) is 37.6 Å². The van der Waals surface area contributed by atoms with Gasteiger partial charge in [0.15, 0.2) is 17.2 Å². The molecule has 0 unspecified atom stereocenters. The second-order valence-electron chi connectivity index (χ2n) is 4.41. The van der Waals surface area contributed by atoms with Gasteiger partial charge in [-0.15, -0.1) is 0 Å². The van der Waals surface area contributed by atoms with Gasteiger partial charge in [0.1, 0.15) is 0 Å². The number of hydrogen-bond acceptors (Lipinski definition) is 6. The molecule has 1 aromatic heterocycles. The summed E-state index contributed by atoms with van der Waals surface area (Å²) in [5, 5.41) is 14.6. The SMILES string of the molecule is CCOc1ccc(C=Cc2onc(C)c2[N+](=O)[O-])cc1OC. The van der Waals surface area contributed by atoms with E-state index in [0.717, 1.165) is 5.56 Å². The Morgan fingerprint density at radius 1 is 1.36 bits per heavy atom. The highest BCUT2D eigenvalue weighted by molar-refractivity contribution is 5.72. The summed E-state index contributed by atoms with van der Waals surface area (Å²) in [6, 6.07) is 5.37. The Morgan fingerprint density at radius 3 is 2.77 bits per heavy atom. The molecule has 0 spiro atoms. The van der Waals surface area contributed by atoms with Gasteiger partial charge < -0.3 is 14.0 Å². The summed E-state index contributed by atoms with van der Waals surface area (Å²) < 4.78 is 15.6. The van der Waals surface area contributed by atoms with Crippen LogP contribution in [0.15, 0.2) is 22.7 Å². The molecule has 1 aromatic carbocycles. The maximum Gasteiger partial charge on any atom is 0.338 e. The lowest BCUT2D eigenvalue weighted by Gasteiger charge is -2.09. The third-order valence-electron chi connectivity index (χ3n) is 2.95. The van der Waals surface area contributed by atoms with Gasteiger partial charge in [0.05, 0.1) is 18.6 Å². The van der Waals surface area contributed by atoms with Crippen molar-refractivity contribution in [3.63, 3.8) is 0 Å². The first-order valence-corrected chi connectivity index (χ1v) is 6.66. The first-order valence-electron chi connectivity index (χ1n) is 6.66. The predicted molar refractivity (Wildman–Crippen MR) is 81.0 cm³/mol. The Balaban J connectivity index is 2.29. The monoisotopic (exact) mass is 304 g/mol. The molecule has 7 nitrogen and oxygen atoms in total. The molecule has 0 fully saturated rings. The number of hydrogen-bond donors (Lipinski definition) is 0. The van der Waals surface area contributed by atoms with Gasteiger partial charge in [-0.3, -0.25) is 10.1 Å². The fraction of sp³-hybridized carbons (Fsp3) is 0.267. The lowest BCUT2D eigenvalue weighted by molar-refractivity contribution is -0.386. The van der Waals surface area contributed by atoms with Gasteiger partial charge in [-0.1, -0.05) is 17.3 Å². The molecule has 1 heterocycles. The number of benzene rings is 1. The molecule has 0 atom stereocenters. The molecule has 22 heavy (non-hydrogen) atoms. The molecule has 0 N–H and O–H groups in total. The fourth-order valence-electron chi connectivity index (χ4n) is 1.95. The van der Waals surface area contributed by atoms with Crippen molar-refractivity contribution in [1.82, 2.24) is 5.16 Å². The summed E-state index contributed by atoms with van der Waals surface area (Å²) in [7, 11) is 1.55. The van der Waals surface area contributed by atoms with Crippen LogP contribution < -0.4 is 9.47 Å². The highest BCUT2D eigenvalue weighted by Crippen LogP contribution is 2.29. The van der Waals surface area contributed by atoms with Crippen LogP contribution in [-0.2, 0) is 0 Å². The molecule has 0 amide bonds. The molecule has 0 saturated carbocycles. The van der Waals surface area contributed by atoms with Crippen molar-refractivity contribution in [2.45, 2.75) is 13.8 Å². The van der Waals surface area contributed by atoms with Crippen molar-refractivity contribution in [3.05, 3.63) is 45.3 Å². The van der Waals surface area contributed by atoms with E-state index in [4.69, 9.17) is 14.0 Å². The van der Waals surface area contributed by atoms with Gasteiger partial charge in [-0.25, -0.2) is 0 Å². The first-order chi connectivity index (χ1) is 10.6. The zero-order chi connectivity index (χ0) is 16.1. The summed E-state index contributed by atoms with van der Waals surface area (Å²) >= 11 is 0. The van der Waals surface area contributed by atoms with Crippen molar-refractivity contribution >= 4 is 17.8 Å². The summed E-state index contributed by atoms with van der Waals surface area (Å²) in [5.41, 5.74) is 0.909. The molecule has 2 rings (SSSR count). The van der Waals surface area contributed by atoms with E-state index in [1.807, 2.05) is 13.0 Å². The standard InChI is InChI=1S/C15H16N2O5/c1-4-21-12-7-5-11(9-14(12)20-3)6-8-13-15(17(18)19)10(2)16-22-13/h5-9H,4H2,1-3H3. The third kappa shape index (κ3) is 3.25. The highest BCUT2D eigenvalue weighted by atomic mass is 16.6. The van der Waals surface area contributed by atoms with Crippen LogP contribution in [-0.4, -0.2) is 23.8 Å². The summed E-state index contributed by atoms with van der Waals surface area (Å²) in [6.07, 6.45) is 3.19. The van der Waals surface area contributed by atoms with Crippen LogP contribution in [0.3, 0.4) is 0 Å². The number of ether oxygens (including phenoxy) is 2. The van der Waals surface area contributed by atoms with E-state index >= 15 is 0 Å². The van der Waals surface area contributed by atoms with E-state index in [0.29, 0.717) is 18.1 Å². The average Bonchev–Trinajstić information content (AvgIpc) is 2.87. The van der Waals surface area contributed by atoms with E-state index < -0.39 is 4.92 Å². The van der Waals surface area contributed by atoms with Crippen LogP contribution in [0, 0.1) is 17.0 Å². The maximum absolute atomic E-state index is 11.0. The van der Waals surface area contributed by atoms with Crippen LogP contribution >= 0.6 is 0 Å². The predicted octanol–water partition coefficient (Wildman–Crippen LogP) is 3.47. The minimum absolute atomic E-state index is 0.107. The zero-order valence-electron chi connectivity index (χ0n) is 12.5. The second kappa shape index (κ2) is 6.75. The largest absolute Gasteiger partial charge is 0.493 e. The number of nitrogens with zero attached hydrogens (tertiary/aromatic N) is 2. The van der Waals surface area contributed by atoms with E-state index in [2.05, 4.69) is 5.16 Å². The van der Waals surface area contributed by atoms with E-state index in [-0.39, 0.29) is 17.1 Å². The first kappa shape index (κ1) is 15.6. The summed E-state index contributed by atoms with van der Waals surface area (Å²) in [6.45, 7) is 3.95. The topological polar surface area (TPSA) is 87.6 Å². The lowest BCUT2D eigenvalue weighted by Crippen LogP contribution is -1.95. The molecular weight excluding hydrogens is 288 g/mol. The van der Waals surface area contributed by atoms with Gasteiger partial charge in [0.25, 0.3) is 0 Å². The number of aromatic nitrogens is 1. The van der Waals surface area contributed by atoms with Gasteiger partial charge in [0, 0.05) is 0 Å². The second-order valence-corrected chi connectivity index (χ2v) is 4.41. The van der Waals surface area contributed by atoms with Gasteiger partial charge >= 0.3 is 5.69 Å². The molecule has 2 aromatic rings. The Labute approximate surface area is 127 Å². The highest BCUT2D eigenvalue weighted by Gasteiger charge is 2.21. The molecule has 7 heteroatoms. The van der Waals surface area contributed by atoms with E-state index in [9.17, 15) is 10.1 Å². The van der Waals surface area contributed by atoms with Crippen molar-refractivity contribution in [3.8, 4) is 11.5 Å². The molecule has 0 bridgehead atoms. The molecule has 0 saturated heterocycles. The molecule has 0 aliphatic rings. The summed E-state index contributed by atoms with van der Waals surface area (Å²) in [4.78, 5) is 10.5. The van der Waals surface area contributed by atoms with E-state index in [1.54, 1.807) is 25.3 Å². The molecule has 116 valence electrons. The lowest BCUT2D eigenvalue weighted by atomic mass is 10.1. The Bertz CT molecular complexity index is 706. The smallest absolute Gasteiger partial charge is 0.338 e. The van der Waals surface area contributed by atoms with Gasteiger partial charge in [0.2, 0.25) is 5.76 Å². The zero-order valence-corrected chi connectivity index (χ0v) is 12.5. The maximum atomic E-state index is 11.0. The van der Waals surface area contributed by atoms with Crippen molar-refractivity contribution in [2.75, 3.05) is 13.7 Å². The number of nitro groups is 1. The Kier molecular flexibility index (Phi) is 4.77. The number of rotatable bonds is 6. The minimum Gasteiger partial charge on any atom is -0.493 e. The fourth-order valence-corrected chi connectivity index (χ4v) is 1.95. The van der Waals surface area contributed by atoms with Crippen molar-refractivity contribution < 1.29 is 18.9 Å². The molecule has 0 aliphatic heterocycles. The molecule has 0 aliphatic carbocycles. The Morgan fingerprint density at radius 2 is 2.14 bits per heavy atom. The van der Waals surface area contributed by atoms with Crippen LogP contribution in [0.5, 0.6) is 11.5 Å². The summed E-state index contributed by atoms with van der Waals surface area (Å²) in [5.74, 6) is 1.34.